The molecule has 0 unspecified atom stereocenters. The maximum Gasteiger partial charge on any atom is 0.260 e. The lowest BCUT2D eigenvalue weighted by molar-refractivity contribution is -0.135. The first-order valence-electron chi connectivity index (χ1n) is 9.12. The van der Waals surface area contributed by atoms with Crippen molar-refractivity contribution < 1.29 is 4.79 Å². The lowest BCUT2D eigenvalue weighted by Gasteiger charge is -2.37. The number of amides is 1. The normalized spacial score (nSPS) is 18.9. The molecule has 1 saturated carbocycles. The summed E-state index contributed by atoms with van der Waals surface area (Å²) in [7, 11) is 1.71. The van der Waals surface area contributed by atoms with Crippen molar-refractivity contribution in [3.63, 3.8) is 0 Å². The van der Waals surface area contributed by atoms with Gasteiger partial charge in [0, 0.05) is 44.8 Å². The van der Waals surface area contributed by atoms with Crippen molar-refractivity contribution in [1.82, 2.24) is 14.5 Å². The second-order valence-corrected chi connectivity index (χ2v) is 7.16. The molecule has 0 atom stereocenters. The van der Waals surface area contributed by atoms with Gasteiger partial charge in [0.25, 0.3) is 5.56 Å². The predicted molar refractivity (Wildman–Crippen MR) is 97.7 cm³/mol. The Morgan fingerprint density at radius 1 is 1.12 bits per heavy atom. The first-order chi connectivity index (χ1) is 12.1. The molecule has 0 radical (unpaired) electrons. The maximum atomic E-state index is 12.5. The van der Waals surface area contributed by atoms with Gasteiger partial charge in [0.05, 0.1) is 17.2 Å². The summed E-state index contributed by atoms with van der Waals surface area (Å²) in [6.45, 7) is 3.21. The number of hydrogen-bond acceptors (Lipinski definition) is 4. The molecule has 4 rings (SSSR count). The number of anilines is 1. The summed E-state index contributed by atoms with van der Waals surface area (Å²) in [4.78, 5) is 33.3. The highest BCUT2D eigenvalue weighted by Crippen LogP contribution is 2.27. The van der Waals surface area contributed by atoms with Crippen LogP contribution in [0.15, 0.2) is 29.3 Å². The van der Waals surface area contributed by atoms with E-state index in [1.165, 1.54) is 17.4 Å². The van der Waals surface area contributed by atoms with Crippen LogP contribution < -0.4 is 10.5 Å². The highest BCUT2D eigenvalue weighted by molar-refractivity contribution is 5.82. The molecule has 25 heavy (non-hydrogen) atoms. The largest absolute Gasteiger partial charge is 0.368 e. The Morgan fingerprint density at radius 2 is 1.84 bits per heavy atom. The zero-order valence-corrected chi connectivity index (χ0v) is 14.6. The molecule has 0 N–H and O–H groups in total. The molecule has 6 heteroatoms. The number of aromatic nitrogens is 2. The molecule has 1 aromatic heterocycles. The van der Waals surface area contributed by atoms with Gasteiger partial charge in [0.15, 0.2) is 0 Å². The van der Waals surface area contributed by atoms with Crippen molar-refractivity contribution in [1.29, 1.82) is 0 Å². The summed E-state index contributed by atoms with van der Waals surface area (Å²) in [5, 5.41) is 0.642. The number of carbonyl (C=O) groups excluding carboxylic acids is 1. The fourth-order valence-corrected chi connectivity index (χ4v) is 4.01. The zero-order valence-electron chi connectivity index (χ0n) is 14.6. The third-order valence-corrected chi connectivity index (χ3v) is 5.56. The molecule has 0 spiro atoms. The van der Waals surface area contributed by atoms with Crippen LogP contribution in [0.4, 0.5) is 5.69 Å². The van der Waals surface area contributed by atoms with Crippen LogP contribution in [0.3, 0.4) is 0 Å². The molecule has 6 nitrogen and oxygen atoms in total. The minimum Gasteiger partial charge on any atom is -0.368 e. The van der Waals surface area contributed by atoms with E-state index < -0.39 is 0 Å². The number of hydrogen-bond donors (Lipinski definition) is 0. The van der Waals surface area contributed by atoms with Crippen molar-refractivity contribution >= 4 is 22.5 Å². The molecule has 0 bridgehead atoms. The van der Waals surface area contributed by atoms with Gasteiger partial charge in [-0.25, -0.2) is 4.98 Å². The Morgan fingerprint density at radius 3 is 2.56 bits per heavy atom. The molecule has 2 fully saturated rings. The van der Waals surface area contributed by atoms with Crippen molar-refractivity contribution in [3.05, 3.63) is 34.9 Å². The van der Waals surface area contributed by atoms with Crippen LogP contribution in [0.2, 0.25) is 0 Å². The van der Waals surface area contributed by atoms with E-state index in [0.717, 1.165) is 50.2 Å². The number of carbonyl (C=O) groups is 1. The van der Waals surface area contributed by atoms with Crippen LogP contribution in [0, 0.1) is 5.92 Å². The van der Waals surface area contributed by atoms with Gasteiger partial charge in [0.1, 0.15) is 0 Å². The van der Waals surface area contributed by atoms with E-state index in [2.05, 4.69) is 9.88 Å². The highest BCUT2D eigenvalue weighted by atomic mass is 16.2. The summed E-state index contributed by atoms with van der Waals surface area (Å²) in [5.41, 5.74) is 1.77. The molecule has 1 aromatic carbocycles. The maximum absolute atomic E-state index is 12.5. The topological polar surface area (TPSA) is 58.4 Å². The molecule has 1 amide bonds. The second-order valence-electron chi connectivity index (χ2n) is 7.16. The summed E-state index contributed by atoms with van der Waals surface area (Å²) in [6, 6.07) is 5.82. The first-order valence-corrected chi connectivity index (χ1v) is 9.12. The summed E-state index contributed by atoms with van der Waals surface area (Å²) >= 11 is 0. The Hall–Kier alpha value is -2.37. The van der Waals surface area contributed by atoms with Crippen LogP contribution in [0.5, 0.6) is 0 Å². The third kappa shape index (κ3) is 3.01. The van der Waals surface area contributed by atoms with Crippen molar-refractivity contribution in [2.75, 3.05) is 31.1 Å². The number of rotatable bonds is 2. The van der Waals surface area contributed by atoms with Crippen LogP contribution in [-0.2, 0) is 11.8 Å². The first kappa shape index (κ1) is 16.1. The van der Waals surface area contributed by atoms with Gasteiger partial charge in [-0.15, -0.1) is 0 Å². The second kappa shape index (κ2) is 6.50. The molecule has 2 heterocycles. The van der Waals surface area contributed by atoms with E-state index in [1.807, 2.05) is 23.1 Å². The third-order valence-electron chi connectivity index (χ3n) is 5.56. The Labute approximate surface area is 147 Å². The molecule has 1 aliphatic carbocycles. The molecular formula is C19H24N4O2. The fraction of sp³-hybridized carbons (Fsp3) is 0.526. The molecule has 2 aromatic rings. The predicted octanol–water partition coefficient (Wildman–Crippen LogP) is 1.77. The van der Waals surface area contributed by atoms with Gasteiger partial charge in [-0.2, -0.15) is 0 Å². The summed E-state index contributed by atoms with van der Waals surface area (Å²) < 4.78 is 1.50. The van der Waals surface area contributed by atoms with Crippen LogP contribution in [0.25, 0.3) is 10.9 Å². The standard InChI is InChI=1S/C19H24N4O2/c1-21-13-20-17-12-15(6-7-16(17)19(21)25)22-8-10-23(11-9-22)18(24)14-4-2-3-5-14/h6-7,12-14H,2-5,8-11H2,1H3. The number of benzene rings is 1. The van der Waals surface area contributed by atoms with Gasteiger partial charge in [0.2, 0.25) is 5.91 Å². The van der Waals surface area contributed by atoms with Crippen LogP contribution in [0.1, 0.15) is 25.7 Å². The zero-order chi connectivity index (χ0) is 17.4. The van der Waals surface area contributed by atoms with E-state index in [0.29, 0.717) is 11.3 Å². The minimum atomic E-state index is -0.0245. The molecule has 1 aliphatic heterocycles. The van der Waals surface area contributed by atoms with Crippen molar-refractivity contribution in [2.24, 2.45) is 13.0 Å². The molecular weight excluding hydrogens is 316 g/mol. The van der Waals surface area contributed by atoms with E-state index >= 15 is 0 Å². The van der Waals surface area contributed by atoms with Crippen molar-refractivity contribution in [2.45, 2.75) is 25.7 Å². The quantitative estimate of drug-likeness (QED) is 0.836. The average Bonchev–Trinajstić information content (AvgIpc) is 3.19. The van der Waals surface area contributed by atoms with Gasteiger partial charge in [-0.1, -0.05) is 12.8 Å². The number of nitrogens with zero attached hydrogens (tertiary/aromatic N) is 4. The Balaban J connectivity index is 1.47. The van der Waals surface area contributed by atoms with E-state index in [-0.39, 0.29) is 11.5 Å². The Bertz CT molecular complexity index is 846. The minimum absolute atomic E-state index is 0.0245. The van der Waals surface area contributed by atoms with Gasteiger partial charge < -0.3 is 14.4 Å². The average molecular weight is 340 g/mol. The lowest BCUT2D eigenvalue weighted by Crippen LogP contribution is -2.50. The molecule has 1 saturated heterocycles. The fourth-order valence-electron chi connectivity index (χ4n) is 4.01. The van der Waals surface area contributed by atoms with Crippen molar-refractivity contribution in [3.8, 4) is 0 Å². The van der Waals surface area contributed by atoms with E-state index in [4.69, 9.17) is 0 Å². The van der Waals surface area contributed by atoms with Crippen LogP contribution >= 0.6 is 0 Å². The van der Waals surface area contributed by atoms with Gasteiger partial charge in [-0.05, 0) is 31.0 Å². The Kier molecular flexibility index (Phi) is 4.19. The molecule has 2 aliphatic rings. The van der Waals surface area contributed by atoms with E-state index in [1.54, 1.807) is 13.4 Å². The number of aryl methyl sites for hydroxylation is 1. The lowest BCUT2D eigenvalue weighted by atomic mass is 10.1. The summed E-state index contributed by atoms with van der Waals surface area (Å²) in [6.07, 6.45) is 6.07. The SMILES string of the molecule is Cn1cnc2cc(N3CCN(C(=O)C4CCCC4)CC3)ccc2c1=O. The van der Waals surface area contributed by atoms with Gasteiger partial charge in [-0.3, -0.25) is 9.59 Å². The molecule has 132 valence electrons. The number of piperazine rings is 1. The highest BCUT2D eigenvalue weighted by Gasteiger charge is 2.29. The van der Waals surface area contributed by atoms with Crippen LogP contribution in [-0.4, -0.2) is 46.5 Å². The van der Waals surface area contributed by atoms with Gasteiger partial charge >= 0.3 is 0 Å². The van der Waals surface area contributed by atoms with E-state index in [9.17, 15) is 9.59 Å². The summed E-state index contributed by atoms with van der Waals surface area (Å²) in [5.74, 6) is 0.605. The smallest absolute Gasteiger partial charge is 0.260 e. The number of fused-ring (bicyclic) bond motifs is 1. The monoisotopic (exact) mass is 340 g/mol.